The van der Waals surface area contributed by atoms with E-state index in [1.165, 1.54) is 18.3 Å². The number of hydrogen-bond acceptors (Lipinski definition) is 5. The lowest BCUT2D eigenvalue weighted by Crippen LogP contribution is -2.16. The first-order valence-electron chi connectivity index (χ1n) is 10.4. The number of thiophene rings is 1. The molecule has 0 radical (unpaired) electrons. The number of nitrogens with zero attached hydrogens (tertiary/aromatic N) is 3. The summed E-state index contributed by atoms with van der Waals surface area (Å²) in [5.41, 5.74) is 3.48. The van der Waals surface area contributed by atoms with E-state index in [-0.39, 0.29) is 18.4 Å². The smallest absolute Gasteiger partial charge is 0.280 e. The third kappa shape index (κ3) is 4.15. The highest BCUT2D eigenvalue weighted by Crippen LogP contribution is 2.28. The normalized spacial score (nSPS) is 11.6. The van der Waals surface area contributed by atoms with E-state index in [0.717, 1.165) is 31.7 Å². The summed E-state index contributed by atoms with van der Waals surface area (Å²) in [6.45, 7) is 1.73. The van der Waals surface area contributed by atoms with Crippen LogP contribution in [0.1, 0.15) is 17.3 Å². The van der Waals surface area contributed by atoms with Gasteiger partial charge >= 0.3 is 0 Å². The van der Waals surface area contributed by atoms with E-state index in [1.54, 1.807) is 23.5 Å². The van der Waals surface area contributed by atoms with Crippen molar-refractivity contribution in [1.82, 2.24) is 9.55 Å². The minimum absolute atomic E-state index is 0.154. The standard InChI is InChI=1S/C26H18N4O2S2/c1-3-12-30-22-11-10-17(27-16(2)31)14-24(22)34-26(30)29-25(32)19-15-21(23-9-6-13-33-23)28-20-8-5-4-7-18(19)20/h1,4-11,13-15H,12H2,2H3,(H,27,31). The van der Waals surface area contributed by atoms with Gasteiger partial charge in [0.05, 0.1) is 38.4 Å². The number of hydrogen-bond donors (Lipinski definition) is 1. The highest BCUT2D eigenvalue weighted by atomic mass is 32.1. The number of carbonyl (C=O) groups is 2. The van der Waals surface area contributed by atoms with Crippen LogP contribution in [0, 0.1) is 12.3 Å². The molecule has 5 rings (SSSR count). The molecule has 1 N–H and O–H groups in total. The van der Waals surface area contributed by atoms with Gasteiger partial charge in [-0.3, -0.25) is 9.59 Å². The van der Waals surface area contributed by atoms with Crippen LogP contribution >= 0.6 is 22.7 Å². The fraction of sp³-hybridized carbons (Fsp3) is 0.0769. The second-order valence-corrected chi connectivity index (χ2v) is 9.46. The van der Waals surface area contributed by atoms with Gasteiger partial charge in [0.2, 0.25) is 5.91 Å². The van der Waals surface area contributed by atoms with E-state index in [0.29, 0.717) is 16.1 Å². The van der Waals surface area contributed by atoms with Crippen molar-refractivity contribution in [2.75, 3.05) is 5.32 Å². The number of rotatable bonds is 4. The van der Waals surface area contributed by atoms with E-state index in [4.69, 9.17) is 11.4 Å². The average Bonchev–Trinajstić information content (AvgIpc) is 3.47. The fourth-order valence-electron chi connectivity index (χ4n) is 3.73. The van der Waals surface area contributed by atoms with Crippen molar-refractivity contribution in [1.29, 1.82) is 0 Å². The van der Waals surface area contributed by atoms with E-state index < -0.39 is 0 Å². The first-order chi connectivity index (χ1) is 16.5. The van der Waals surface area contributed by atoms with Gasteiger partial charge < -0.3 is 9.88 Å². The van der Waals surface area contributed by atoms with Crippen molar-refractivity contribution in [2.45, 2.75) is 13.5 Å². The lowest BCUT2D eigenvalue weighted by Gasteiger charge is -2.06. The SMILES string of the molecule is C#CCn1c(=NC(=O)c2cc(-c3cccs3)nc3ccccc23)sc2cc(NC(C)=O)ccc21. The van der Waals surface area contributed by atoms with Crippen LogP contribution in [0.25, 0.3) is 31.7 Å². The molecule has 166 valence electrons. The number of aromatic nitrogens is 2. The van der Waals surface area contributed by atoms with Gasteiger partial charge in [0.1, 0.15) is 0 Å². The molecule has 0 fully saturated rings. The molecule has 0 aliphatic carbocycles. The lowest BCUT2D eigenvalue weighted by atomic mass is 10.1. The van der Waals surface area contributed by atoms with Gasteiger partial charge in [0.25, 0.3) is 5.91 Å². The summed E-state index contributed by atoms with van der Waals surface area (Å²) in [5, 5.41) is 5.50. The monoisotopic (exact) mass is 482 g/mol. The number of amides is 2. The molecule has 0 unspecified atom stereocenters. The van der Waals surface area contributed by atoms with Crippen molar-refractivity contribution in [3.63, 3.8) is 0 Å². The molecule has 34 heavy (non-hydrogen) atoms. The topological polar surface area (TPSA) is 76.3 Å². The number of carbonyl (C=O) groups excluding carboxylic acids is 2. The lowest BCUT2D eigenvalue weighted by molar-refractivity contribution is -0.114. The van der Waals surface area contributed by atoms with Crippen LogP contribution in [0.4, 0.5) is 5.69 Å². The summed E-state index contributed by atoms with van der Waals surface area (Å²) in [7, 11) is 0. The first-order valence-corrected chi connectivity index (χ1v) is 12.1. The Morgan fingerprint density at radius 3 is 2.76 bits per heavy atom. The number of nitrogens with one attached hydrogen (secondary N) is 1. The molecule has 0 saturated carbocycles. The minimum atomic E-state index is -0.365. The quantitative estimate of drug-likeness (QED) is 0.353. The zero-order valence-electron chi connectivity index (χ0n) is 18.1. The van der Waals surface area contributed by atoms with Gasteiger partial charge in [-0.15, -0.1) is 17.8 Å². The van der Waals surface area contributed by atoms with Gasteiger partial charge in [-0.2, -0.15) is 4.99 Å². The van der Waals surface area contributed by atoms with Crippen molar-refractivity contribution >= 4 is 61.3 Å². The van der Waals surface area contributed by atoms with Gasteiger partial charge in [0, 0.05) is 18.0 Å². The molecule has 0 spiro atoms. The summed E-state index contributed by atoms with van der Waals surface area (Å²) in [6, 6.07) is 18.8. The van der Waals surface area contributed by atoms with E-state index in [9.17, 15) is 9.59 Å². The van der Waals surface area contributed by atoms with Gasteiger partial charge in [-0.05, 0) is 41.8 Å². The summed E-state index contributed by atoms with van der Waals surface area (Å²) in [6.07, 6.45) is 5.61. The Hall–Kier alpha value is -4.06. The minimum Gasteiger partial charge on any atom is -0.326 e. The van der Waals surface area contributed by atoms with Crippen LogP contribution in [0.3, 0.4) is 0 Å². The first kappa shape index (κ1) is 21.8. The molecule has 0 atom stereocenters. The Morgan fingerprint density at radius 1 is 1.15 bits per heavy atom. The van der Waals surface area contributed by atoms with E-state index in [2.05, 4.69) is 16.2 Å². The van der Waals surface area contributed by atoms with Crippen LogP contribution in [0.2, 0.25) is 0 Å². The van der Waals surface area contributed by atoms with Crippen molar-refractivity contribution in [3.8, 4) is 22.9 Å². The maximum absolute atomic E-state index is 13.5. The molecule has 0 saturated heterocycles. The summed E-state index contributed by atoms with van der Waals surface area (Å²) >= 11 is 2.92. The molecule has 3 aromatic heterocycles. The third-order valence-electron chi connectivity index (χ3n) is 5.17. The molecule has 5 aromatic rings. The molecule has 6 nitrogen and oxygen atoms in total. The molecule has 8 heteroatoms. The summed E-state index contributed by atoms with van der Waals surface area (Å²) in [4.78, 5) is 35.6. The Kier molecular flexibility index (Phi) is 5.80. The number of benzene rings is 2. The zero-order chi connectivity index (χ0) is 23.7. The van der Waals surface area contributed by atoms with Crippen LogP contribution < -0.4 is 10.1 Å². The number of thiazole rings is 1. The molecule has 0 aliphatic rings. The third-order valence-corrected chi connectivity index (χ3v) is 7.10. The predicted octanol–water partition coefficient (Wildman–Crippen LogP) is 5.31. The van der Waals surface area contributed by atoms with Crippen molar-refractivity contribution < 1.29 is 9.59 Å². The maximum Gasteiger partial charge on any atom is 0.280 e. The summed E-state index contributed by atoms with van der Waals surface area (Å²) < 4.78 is 2.70. The number of fused-ring (bicyclic) bond motifs is 2. The number of terminal acetylenes is 1. The van der Waals surface area contributed by atoms with E-state index >= 15 is 0 Å². The fourth-order valence-corrected chi connectivity index (χ4v) is 5.49. The molecule has 2 aromatic carbocycles. The van der Waals surface area contributed by atoms with Gasteiger partial charge in [-0.1, -0.05) is 41.5 Å². The average molecular weight is 483 g/mol. The number of anilines is 1. The van der Waals surface area contributed by atoms with Crippen molar-refractivity contribution in [2.24, 2.45) is 4.99 Å². The Bertz CT molecular complexity index is 1670. The zero-order valence-corrected chi connectivity index (χ0v) is 19.7. The van der Waals surface area contributed by atoms with Crippen LogP contribution in [0.15, 0.2) is 71.0 Å². The van der Waals surface area contributed by atoms with Crippen LogP contribution in [-0.2, 0) is 11.3 Å². The molecule has 0 bridgehead atoms. The molecular formula is C26H18N4O2S2. The van der Waals surface area contributed by atoms with Crippen LogP contribution in [-0.4, -0.2) is 21.4 Å². The molecule has 2 amide bonds. The molecule has 3 heterocycles. The Labute approximate surface area is 203 Å². The second-order valence-electron chi connectivity index (χ2n) is 7.51. The predicted molar refractivity (Wildman–Crippen MR) is 138 cm³/mol. The second kappa shape index (κ2) is 9.06. The summed E-state index contributed by atoms with van der Waals surface area (Å²) in [5.74, 6) is 2.12. The molecule has 0 aliphatic heterocycles. The Morgan fingerprint density at radius 2 is 2.00 bits per heavy atom. The van der Waals surface area contributed by atoms with Gasteiger partial charge in [0.15, 0.2) is 4.80 Å². The van der Waals surface area contributed by atoms with Crippen LogP contribution in [0.5, 0.6) is 0 Å². The van der Waals surface area contributed by atoms with Crippen molar-refractivity contribution in [3.05, 3.63) is 76.4 Å². The largest absolute Gasteiger partial charge is 0.326 e. The maximum atomic E-state index is 13.5. The number of pyridine rings is 1. The van der Waals surface area contributed by atoms with Gasteiger partial charge in [-0.25, -0.2) is 4.98 Å². The Balaban J connectivity index is 1.67. The molecular weight excluding hydrogens is 464 g/mol. The number of para-hydroxylation sites is 1. The highest BCUT2D eigenvalue weighted by Gasteiger charge is 2.15. The highest BCUT2D eigenvalue weighted by molar-refractivity contribution is 7.16. The van der Waals surface area contributed by atoms with E-state index in [1.807, 2.05) is 58.5 Å².